The Morgan fingerprint density at radius 2 is 1.85 bits per heavy atom. The fourth-order valence-corrected chi connectivity index (χ4v) is 1.95. The first-order valence-electron chi connectivity index (χ1n) is 6.19. The van der Waals surface area contributed by atoms with Gasteiger partial charge in [0.2, 0.25) is 5.95 Å². The van der Waals surface area contributed by atoms with Crippen molar-refractivity contribution in [3.8, 4) is 17.2 Å². The predicted octanol–water partition coefficient (Wildman–Crippen LogP) is 1.26. The Morgan fingerprint density at radius 3 is 2.55 bits per heavy atom. The SMILES string of the molecule is COc1cc2c(cc1CNc1ncncn1)OCCO2. The molecule has 0 saturated carbocycles. The number of fused-ring (bicyclic) bond motifs is 1. The van der Waals surface area contributed by atoms with E-state index in [1.807, 2.05) is 12.1 Å². The van der Waals surface area contributed by atoms with Gasteiger partial charge in [0.25, 0.3) is 0 Å². The highest BCUT2D eigenvalue weighted by Crippen LogP contribution is 2.36. The van der Waals surface area contributed by atoms with Crippen LogP contribution in [-0.2, 0) is 6.54 Å². The number of benzene rings is 1. The molecule has 7 heteroatoms. The van der Waals surface area contributed by atoms with E-state index in [0.29, 0.717) is 31.5 Å². The van der Waals surface area contributed by atoms with Crippen molar-refractivity contribution in [1.82, 2.24) is 15.0 Å². The van der Waals surface area contributed by atoms with Gasteiger partial charge in [-0.3, -0.25) is 0 Å². The number of hydrogen-bond donors (Lipinski definition) is 1. The average molecular weight is 274 g/mol. The van der Waals surface area contributed by atoms with E-state index in [1.165, 1.54) is 12.7 Å². The minimum Gasteiger partial charge on any atom is -0.496 e. The maximum Gasteiger partial charge on any atom is 0.225 e. The molecule has 0 bridgehead atoms. The average Bonchev–Trinajstić information content (AvgIpc) is 2.53. The number of rotatable bonds is 4. The molecule has 0 radical (unpaired) electrons. The van der Waals surface area contributed by atoms with Gasteiger partial charge in [-0.05, 0) is 6.07 Å². The lowest BCUT2D eigenvalue weighted by molar-refractivity contribution is 0.170. The molecule has 0 atom stereocenters. The molecule has 0 unspecified atom stereocenters. The zero-order chi connectivity index (χ0) is 13.8. The molecular weight excluding hydrogens is 260 g/mol. The summed E-state index contributed by atoms with van der Waals surface area (Å²) in [5.74, 6) is 2.68. The Morgan fingerprint density at radius 1 is 1.15 bits per heavy atom. The summed E-state index contributed by atoms with van der Waals surface area (Å²) >= 11 is 0. The molecule has 20 heavy (non-hydrogen) atoms. The third-order valence-corrected chi connectivity index (χ3v) is 2.88. The summed E-state index contributed by atoms with van der Waals surface area (Å²) in [7, 11) is 1.62. The van der Waals surface area contributed by atoms with E-state index in [9.17, 15) is 0 Å². The van der Waals surface area contributed by atoms with Gasteiger partial charge in [-0.2, -0.15) is 0 Å². The number of nitrogens with zero attached hydrogens (tertiary/aromatic N) is 3. The lowest BCUT2D eigenvalue weighted by Crippen LogP contribution is -2.16. The van der Waals surface area contributed by atoms with Crippen LogP contribution < -0.4 is 19.5 Å². The summed E-state index contributed by atoms with van der Waals surface area (Å²) in [5.41, 5.74) is 0.942. The number of aromatic nitrogens is 3. The molecule has 0 spiro atoms. The third kappa shape index (κ3) is 2.56. The smallest absolute Gasteiger partial charge is 0.225 e. The third-order valence-electron chi connectivity index (χ3n) is 2.88. The van der Waals surface area contributed by atoms with Crippen LogP contribution in [0.1, 0.15) is 5.56 Å². The molecule has 1 N–H and O–H groups in total. The molecule has 0 aliphatic carbocycles. The van der Waals surface area contributed by atoms with Crippen LogP contribution in [0.4, 0.5) is 5.95 Å². The van der Waals surface area contributed by atoms with Crippen LogP contribution in [0.25, 0.3) is 0 Å². The minimum absolute atomic E-state index is 0.511. The van der Waals surface area contributed by atoms with E-state index in [2.05, 4.69) is 20.3 Å². The number of hydrogen-bond acceptors (Lipinski definition) is 7. The van der Waals surface area contributed by atoms with Crippen molar-refractivity contribution in [2.45, 2.75) is 6.54 Å². The van der Waals surface area contributed by atoms with Crippen molar-refractivity contribution in [1.29, 1.82) is 0 Å². The van der Waals surface area contributed by atoms with Crippen LogP contribution in [0.2, 0.25) is 0 Å². The van der Waals surface area contributed by atoms with Gasteiger partial charge in [-0.25, -0.2) is 15.0 Å². The quantitative estimate of drug-likeness (QED) is 0.899. The van der Waals surface area contributed by atoms with Crippen LogP contribution in [-0.4, -0.2) is 35.3 Å². The van der Waals surface area contributed by atoms with E-state index in [0.717, 1.165) is 17.1 Å². The first kappa shape index (κ1) is 12.5. The highest BCUT2D eigenvalue weighted by molar-refractivity contribution is 5.52. The Kier molecular flexibility index (Phi) is 3.49. The molecule has 104 valence electrons. The molecular formula is C13H14N4O3. The first-order valence-corrected chi connectivity index (χ1v) is 6.19. The molecule has 1 aliphatic heterocycles. The fourth-order valence-electron chi connectivity index (χ4n) is 1.95. The second-order valence-corrected chi connectivity index (χ2v) is 4.12. The second-order valence-electron chi connectivity index (χ2n) is 4.12. The molecule has 1 aliphatic rings. The molecule has 3 rings (SSSR count). The van der Waals surface area contributed by atoms with Crippen molar-refractivity contribution < 1.29 is 14.2 Å². The summed E-state index contributed by atoms with van der Waals surface area (Å²) in [4.78, 5) is 11.8. The van der Waals surface area contributed by atoms with E-state index >= 15 is 0 Å². The summed E-state index contributed by atoms with van der Waals surface area (Å²) < 4.78 is 16.5. The number of anilines is 1. The summed E-state index contributed by atoms with van der Waals surface area (Å²) in [6, 6.07) is 3.74. The van der Waals surface area contributed by atoms with Crippen molar-refractivity contribution >= 4 is 5.95 Å². The van der Waals surface area contributed by atoms with Gasteiger partial charge in [0.1, 0.15) is 31.6 Å². The van der Waals surface area contributed by atoms with Gasteiger partial charge in [0.15, 0.2) is 11.5 Å². The van der Waals surface area contributed by atoms with Crippen LogP contribution in [0, 0.1) is 0 Å². The lowest BCUT2D eigenvalue weighted by Gasteiger charge is -2.20. The minimum atomic E-state index is 0.511. The van der Waals surface area contributed by atoms with Crippen LogP contribution in [0.5, 0.6) is 17.2 Å². The molecule has 7 nitrogen and oxygen atoms in total. The van der Waals surface area contributed by atoms with Gasteiger partial charge in [0, 0.05) is 18.2 Å². The van der Waals surface area contributed by atoms with Gasteiger partial charge in [-0.1, -0.05) is 0 Å². The standard InChI is InChI=1S/C13H14N4O3/c1-18-10-5-12-11(19-2-3-20-12)4-9(10)6-15-13-16-7-14-8-17-13/h4-5,7-8H,2-3,6H2,1H3,(H,14,15,16,17). The van der Waals surface area contributed by atoms with E-state index < -0.39 is 0 Å². The Bertz CT molecular complexity index is 592. The van der Waals surface area contributed by atoms with Gasteiger partial charge < -0.3 is 19.5 Å². The molecule has 1 aromatic heterocycles. The van der Waals surface area contributed by atoms with E-state index in [4.69, 9.17) is 14.2 Å². The highest BCUT2D eigenvalue weighted by Gasteiger charge is 2.16. The maximum atomic E-state index is 5.57. The zero-order valence-corrected chi connectivity index (χ0v) is 11.0. The summed E-state index contributed by atoms with van der Waals surface area (Å²) in [5, 5.41) is 3.10. The maximum absolute atomic E-state index is 5.57. The Hall–Kier alpha value is -2.57. The first-order chi connectivity index (χ1) is 9.86. The highest BCUT2D eigenvalue weighted by atomic mass is 16.6. The topological polar surface area (TPSA) is 78.4 Å². The van der Waals surface area contributed by atoms with Crippen molar-refractivity contribution in [3.63, 3.8) is 0 Å². The molecule has 0 saturated heterocycles. The molecule has 2 heterocycles. The monoisotopic (exact) mass is 274 g/mol. The molecule has 0 amide bonds. The normalized spacial score (nSPS) is 12.8. The van der Waals surface area contributed by atoms with Crippen LogP contribution in [0.15, 0.2) is 24.8 Å². The van der Waals surface area contributed by atoms with Gasteiger partial charge in [0.05, 0.1) is 7.11 Å². The lowest BCUT2D eigenvalue weighted by atomic mass is 10.1. The summed E-state index contributed by atoms with van der Waals surface area (Å²) in [6.45, 7) is 1.63. The van der Waals surface area contributed by atoms with Crippen molar-refractivity contribution in [3.05, 3.63) is 30.4 Å². The number of ether oxygens (including phenoxy) is 3. The van der Waals surface area contributed by atoms with Crippen LogP contribution in [0.3, 0.4) is 0 Å². The Labute approximate surface area is 115 Å². The molecule has 1 aromatic carbocycles. The molecule has 2 aromatic rings. The van der Waals surface area contributed by atoms with Crippen molar-refractivity contribution in [2.24, 2.45) is 0 Å². The van der Waals surface area contributed by atoms with Gasteiger partial charge in [-0.15, -0.1) is 0 Å². The molecule has 0 fully saturated rings. The number of methoxy groups -OCH3 is 1. The zero-order valence-electron chi connectivity index (χ0n) is 11.0. The van der Waals surface area contributed by atoms with Crippen molar-refractivity contribution in [2.75, 3.05) is 25.6 Å². The predicted molar refractivity (Wildman–Crippen MR) is 71.1 cm³/mol. The fraction of sp³-hybridized carbons (Fsp3) is 0.308. The number of nitrogens with one attached hydrogen (secondary N) is 1. The van der Waals surface area contributed by atoms with E-state index in [-0.39, 0.29) is 0 Å². The van der Waals surface area contributed by atoms with Gasteiger partial charge >= 0.3 is 0 Å². The second kappa shape index (κ2) is 5.60. The Balaban J connectivity index is 1.81. The summed E-state index contributed by atoms with van der Waals surface area (Å²) in [6.07, 6.45) is 2.88. The largest absolute Gasteiger partial charge is 0.496 e. The van der Waals surface area contributed by atoms with Crippen LogP contribution >= 0.6 is 0 Å². The van der Waals surface area contributed by atoms with E-state index in [1.54, 1.807) is 7.11 Å².